The zero-order valence-electron chi connectivity index (χ0n) is 11.4. The summed E-state index contributed by atoms with van der Waals surface area (Å²) in [6.07, 6.45) is 5.71. The van der Waals surface area contributed by atoms with Crippen LogP contribution in [-0.2, 0) is 4.79 Å². The largest absolute Gasteiger partial charge is 0.326 e. The monoisotopic (exact) mass is 280 g/mol. The highest BCUT2D eigenvalue weighted by molar-refractivity contribution is 6.30. The van der Waals surface area contributed by atoms with Crippen LogP contribution in [0.3, 0.4) is 0 Å². The summed E-state index contributed by atoms with van der Waals surface area (Å²) in [6.45, 7) is 0.817. The first-order valence-corrected chi connectivity index (χ1v) is 7.28. The molecule has 1 fully saturated rings. The second-order valence-electron chi connectivity index (χ2n) is 5.23. The van der Waals surface area contributed by atoms with Crippen LogP contribution in [0.25, 0.3) is 0 Å². The maximum Gasteiger partial charge on any atom is 0.225 e. The maximum atomic E-state index is 11.9. The number of nitrogens with zero attached hydrogens (tertiary/aromatic N) is 1. The lowest BCUT2D eigenvalue weighted by atomic mass is 10.2. The van der Waals surface area contributed by atoms with E-state index in [9.17, 15) is 4.79 Å². The van der Waals surface area contributed by atoms with Gasteiger partial charge in [0, 0.05) is 29.7 Å². The third-order valence-corrected chi connectivity index (χ3v) is 3.98. The van der Waals surface area contributed by atoms with Crippen LogP contribution >= 0.6 is 11.6 Å². The molecule has 1 aromatic rings. The standard InChI is InChI=1S/C15H21ClN2O/c1-18(14-7-2-3-8-14)10-9-15(19)17-13-6-4-5-12(16)11-13/h4-6,11,14H,2-3,7-10H2,1H3,(H,17,19). The molecule has 1 N–H and O–H groups in total. The minimum absolute atomic E-state index is 0.0483. The first-order chi connectivity index (χ1) is 9.15. The Morgan fingerprint density at radius 1 is 1.42 bits per heavy atom. The van der Waals surface area contributed by atoms with Crippen molar-refractivity contribution in [2.24, 2.45) is 0 Å². The molecule has 4 heteroatoms. The number of carbonyl (C=O) groups excluding carboxylic acids is 1. The van der Waals surface area contributed by atoms with E-state index < -0.39 is 0 Å². The van der Waals surface area contributed by atoms with Gasteiger partial charge < -0.3 is 10.2 Å². The first kappa shape index (κ1) is 14.4. The highest BCUT2D eigenvalue weighted by Gasteiger charge is 2.19. The summed E-state index contributed by atoms with van der Waals surface area (Å²) in [7, 11) is 2.11. The Morgan fingerprint density at radius 3 is 2.84 bits per heavy atom. The fraction of sp³-hybridized carbons (Fsp3) is 0.533. The molecule has 19 heavy (non-hydrogen) atoms. The number of benzene rings is 1. The van der Waals surface area contributed by atoms with Crippen LogP contribution in [0.4, 0.5) is 5.69 Å². The molecule has 0 bridgehead atoms. The molecule has 0 aliphatic heterocycles. The van der Waals surface area contributed by atoms with E-state index in [4.69, 9.17) is 11.6 Å². The van der Waals surface area contributed by atoms with Crippen molar-refractivity contribution in [3.05, 3.63) is 29.3 Å². The van der Waals surface area contributed by atoms with Crippen LogP contribution in [-0.4, -0.2) is 30.4 Å². The minimum atomic E-state index is 0.0483. The summed E-state index contributed by atoms with van der Waals surface area (Å²) in [6, 6.07) is 7.91. The van der Waals surface area contributed by atoms with Crippen LogP contribution in [0.5, 0.6) is 0 Å². The van der Waals surface area contributed by atoms with E-state index in [1.54, 1.807) is 12.1 Å². The Hall–Kier alpha value is -1.06. The van der Waals surface area contributed by atoms with E-state index in [1.165, 1.54) is 25.7 Å². The molecule has 0 atom stereocenters. The lowest BCUT2D eigenvalue weighted by molar-refractivity contribution is -0.116. The van der Waals surface area contributed by atoms with Crippen LogP contribution < -0.4 is 5.32 Å². The van der Waals surface area contributed by atoms with Crippen molar-refractivity contribution >= 4 is 23.2 Å². The number of halogens is 1. The van der Waals surface area contributed by atoms with Gasteiger partial charge in [-0.3, -0.25) is 4.79 Å². The maximum absolute atomic E-state index is 11.9. The first-order valence-electron chi connectivity index (χ1n) is 6.91. The molecule has 0 aromatic heterocycles. The number of hydrogen-bond acceptors (Lipinski definition) is 2. The SMILES string of the molecule is CN(CCC(=O)Nc1cccc(Cl)c1)C1CCCC1. The molecule has 1 aliphatic rings. The molecule has 0 radical (unpaired) electrons. The van der Waals surface area contributed by atoms with E-state index in [0.717, 1.165) is 12.2 Å². The molecule has 1 aliphatic carbocycles. The van der Waals surface area contributed by atoms with Crippen LogP contribution in [0.2, 0.25) is 5.02 Å². The zero-order valence-corrected chi connectivity index (χ0v) is 12.1. The fourth-order valence-corrected chi connectivity index (χ4v) is 2.79. The van der Waals surface area contributed by atoms with Crippen molar-refractivity contribution < 1.29 is 4.79 Å². The van der Waals surface area contributed by atoms with Gasteiger partial charge in [0.15, 0.2) is 0 Å². The number of anilines is 1. The van der Waals surface area contributed by atoms with Gasteiger partial charge in [0.2, 0.25) is 5.91 Å². The summed E-state index contributed by atoms with van der Waals surface area (Å²) in [5.74, 6) is 0.0483. The Labute approximate surface area is 119 Å². The molecular formula is C15H21ClN2O. The van der Waals surface area contributed by atoms with Crippen LogP contribution in [0, 0.1) is 0 Å². The molecule has 0 saturated heterocycles. The summed E-state index contributed by atoms with van der Waals surface area (Å²) in [5.41, 5.74) is 0.765. The van der Waals surface area contributed by atoms with Gasteiger partial charge in [-0.05, 0) is 38.1 Å². The normalized spacial score (nSPS) is 15.9. The van der Waals surface area contributed by atoms with Crippen molar-refractivity contribution in [3.8, 4) is 0 Å². The Kier molecular flexibility index (Phi) is 5.23. The third kappa shape index (κ3) is 4.51. The third-order valence-electron chi connectivity index (χ3n) is 3.75. The lowest BCUT2D eigenvalue weighted by Crippen LogP contribution is -2.32. The molecule has 0 unspecified atom stereocenters. The van der Waals surface area contributed by atoms with Crippen LogP contribution in [0.15, 0.2) is 24.3 Å². The average Bonchev–Trinajstić information content (AvgIpc) is 2.90. The Morgan fingerprint density at radius 2 is 2.16 bits per heavy atom. The van der Waals surface area contributed by atoms with Gasteiger partial charge in [0.25, 0.3) is 0 Å². The van der Waals surface area contributed by atoms with Gasteiger partial charge in [0.1, 0.15) is 0 Å². The Bertz CT molecular complexity index is 430. The van der Waals surface area contributed by atoms with E-state index in [-0.39, 0.29) is 5.91 Å². The summed E-state index contributed by atoms with van der Waals surface area (Å²) in [5, 5.41) is 3.52. The van der Waals surface area contributed by atoms with E-state index in [1.807, 2.05) is 12.1 Å². The highest BCUT2D eigenvalue weighted by atomic mass is 35.5. The average molecular weight is 281 g/mol. The summed E-state index contributed by atoms with van der Waals surface area (Å²) < 4.78 is 0. The molecule has 0 spiro atoms. The molecular weight excluding hydrogens is 260 g/mol. The number of carbonyl (C=O) groups is 1. The quantitative estimate of drug-likeness (QED) is 0.895. The molecule has 1 saturated carbocycles. The van der Waals surface area contributed by atoms with Gasteiger partial charge in [-0.1, -0.05) is 30.5 Å². The molecule has 104 valence electrons. The topological polar surface area (TPSA) is 32.3 Å². The van der Waals surface area contributed by atoms with Gasteiger partial charge in [-0.2, -0.15) is 0 Å². The molecule has 0 heterocycles. The van der Waals surface area contributed by atoms with Gasteiger partial charge >= 0.3 is 0 Å². The molecule has 2 rings (SSSR count). The van der Waals surface area contributed by atoms with Gasteiger partial charge in [-0.15, -0.1) is 0 Å². The minimum Gasteiger partial charge on any atom is -0.326 e. The predicted molar refractivity (Wildman–Crippen MR) is 79.6 cm³/mol. The van der Waals surface area contributed by atoms with E-state index in [2.05, 4.69) is 17.3 Å². The van der Waals surface area contributed by atoms with E-state index >= 15 is 0 Å². The van der Waals surface area contributed by atoms with Crippen LogP contribution in [0.1, 0.15) is 32.1 Å². The zero-order chi connectivity index (χ0) is 13.7. The van der Waals surface area contributed by atoms with Crippen molar-refractivity contribution in [3.63, 3.8) is 0 Å². The highest BCUT2D eigenvalue weighted by Crippen LogP contribution is 2.22. The second kappa shape index (κ2) is 6.92. The van der Waals surface area contributed by atoms with E-state index in [0.29, 0.717) is 17.5 Å². The molecule has 1 aromatic carbocycles. The number of hydrogen-bond donors (Lipinski definition) is 1. The molecule has 1 amide bonds. The number of rotatable bonds is 5. The number of nitrogens with one attached hydrogen (secondary N) is 1. The Balaban J connectivity index is 1.75. The molecule has 3 nitrogen and oxygen atoms in total. The lowest BCUT2D eigenvalue weighted by Gasteiger charge is -2.23. The van der Waals surface area contributed by atoms with Gasteiger partial charge in [0.05, 0.1) is 0 Å². The summed E-state index contributed by atoms with van der Waals surface area (Å²) >= 11 is 5.88. The van der Waals surface area contributed by atoms with Crippen molar-refractivity contribution in [1.82, 2.24) is 4.90 Å². The van der Waals surface area contributed by atoms with Crippen molar-refractivity contribution in [2.45, 2.75) is 38.1 Å². The summed E-state index contributed by atoms with van der Waals surface area (Å²) in [4.78, 5) is 14.2. The second-order valence-corrected chi connectivity index (χ2v) is 5.66. The predicted octanol–water partition coefficient (Wildman–Crippen LogP) is 3.54. The smallest absolute Gasteiger partial charge is 0.225 e. The van der Waals surface area contributed by atoms with Crippen molar-refractivity contribution in [2.75, 3.05) is 18.9 Å². The fourth-order valence-electron chi connectivity index (χ4n) is 2.60. The van der Waals surface area contributed by atoms with Gasteiger partial charge in [-0.25, -0.2) is 0 Å². The number of amides is 1. The van der Waals surface area contributed by atoms with Crippen molar-refractivity contribution in [1.29, 1.82) is 0 Å².